The highest BCUT2D eigenvalue weighted by molar-refractivity contribution is 5.95. The van der Waals surface area contributed by atoms with Crippen LogP contribution in [0.1, 0.15) is 29.1 Å². The van der Waals surface area contributed by atoms with Crippen LogP contribution in [0, 0.1) is 10.1 Å². The van der Waals surface area contributed by atoms with Gasteiger partial charge in [0.25, 0.3) is 11.6 Å². The van der Waals surface area contributed by atoms with E-state index in [0.29, 0.717) is 11.5 Å². The third-order valence-corrected chi connectivity index (χ3v) is 2.90. The van der Waals surface area contributed by atoms with E-state index in [4.69, 9.17) is 0 Å². The Labute approximate surface area is 119 Å². The average molecular weight is 290 g/mol. The number of hydrogen-bond acceptors (Lipinski definition) is 6. The van der Waals surface area contributed by atoms with Crippen molar-refractivity contribution in [2.75, 3.05) is 12.4 Å². The molecule has 0 saturated carbocycles. The van der Waals surface area contributed by atoms with Crippen molar-refractivity contribution in [3.05, 3.63) is 46.0 Å². The van der Waals surface area contributed by atoms with Gasteiger partial charge in [-0.15, -0.1) is 0 Å². The lowest BCUT2D eigenvalue weighted by atomic mass is 10.1. The van der Waals surface area contributed by atoms with Crippen LogP contribution in [0.5, 0.6) is 0 Å². The highest BCUT2D eigenvalue weighted by Crippen LogP contribution is 2.28. The zero-order chi connectivity index (χ0) is 15.4. The van der Waals surface area contributed by atoms with Gasteiger partial charge in [0.15, 0.2) is 0 Å². The molecule has 1 aromatic heterocycles. The summed E-state index contributed by atoms with van der Waals surface area (Å²) >= 11 is 0. The van der Waals surface area contributed by atoms with E-state index in [0.717, 1.165) is 0 Å². The van der Waals surface area contributed by atoms with E-state index in [-0.39, 0.29) is 23.2 Å². The molecular formula is C12H14N6O3. The van der Waals surface area contributed by atoms with Crippen LogP contribution in [0.15, 0.2) is 24.5 Å². The van der Waals surface area contributed by atoms with Crippen molar-refractivity contribution in [2.45, 2.75) is 13.0 Å². The summed E-state index contributed by atoms with van der Waals surface area (Å²) in [5.41, 5.74) is 0.348. The van der Waals surface area contributed by atoms with Crippen molar-refractivity contribution in [1.82, 2.24) is 20.5 Å². The van der Waals surface area contributed by atoms with Gasteiger partial charge in [0.1, 0.15) is 17.8 Å². The number of carbonyl (C=O) groups excluding carboxylic acids is 1. The number of carbonyl (C=O) groups is 1. The average Bonchev–Trinajstić information content (AvgIpc) is 3.00. The number of benzene rings is 1. The molecule has 0 radical (unpaired) electrons. The number of rotatable bonds is 5. The molecule has 1 atom stereocenters. The van der Waals surface area contributed by atoms with Crippen molar-refractivity contribution < 1.29 is 9.72 Å². The Morgan fingerprint density at radius 3 is 2.81 bits per heavy atom. The van der Waals surface area contributed by atoms with E-state index >= 15 is 0 Å². The van der Waals surface area contributed by atoms with E-state index in [2.05, 4.69) is 25.8 Å². The van der Waals surface area contributed by atoms with Gasteiger partial charge in [-0.1, -0.05) is 0 Å². The lowest BCUT2D eigenvalue weighted by molar-refractivity contribution is -0.384. The molecule has 1 aromatic carbocycles. The molecule has 0 saturated heterocycles. The molecular weight excluding hydrogens is 276 g/mol. The topological polar surface area (TPSA) is 126 Å². The number of aromatic nitrogens is 3. The molecule has 0 spiro atoms. The number of H-pyrrole nitrogens is 1. The van der Waals surface area contributed by atoms with Crippen molar-refractivity contribution in [3.8, 4) is 0 Å². The quantitative estimate of drug-likeness (QED) is 0.562. The third kappa shape index (κ3) is 3.14. The Morgan fingerprint density at radius 1 is 1.48 bits per heavy atom. The van der Waals surface area contributed by atoms with Crippen LogP contribution in [0.3, 0.4) is 0 Å². The number of nitrogens with zero attached hydrogens (tertiary/aromatic N) is 3. The first-order valence-corrected chi connectivity index (χ1v) is 6.15. The van der Waals surface area contributed by atoms with Crippen LogP contribution in [0.2, 0.25) is 0 Å². The van der Waals surface area contributed by atoms with Gasteiger partial charge in [-0.2, -0.15) is 5.10 Å². The summed E-state index contributed by atoms with van der Waals surface area (Å²) in [7, 11) is 1.46. The highest BCUT2D eigenvalue weighted by Gasteiger charge is 2.19. The smallest absolute Gasteiger partial charge is 0.293 e. The first-order valence-electron chi connectivity index (χ1n) is 6.15. The number of hydrogen-bond donors (Lipinski definition) is 3. The normalized spacial score (nSPS) is 11.7. The van der Waals surface area contributed by atoms with E-state index in [1.54, 1.807) is 6.92 Å². The summed E-state index contributed by atoms with van der Waals surface area (Å²) in [6.07, 6.45) is 1.36. The first-order chi connectivity index (χ1) is 10.0. The Balaban J connectivity index is 2.30. The molecule has 2 rings (SSSR count). The van der Waals surface area contributed by atoms with Gasteiger partial charge in [-0.05, 0) is 19.1 Å². The molecule has 1 unspecified atom stereocenters. The maximum Gasteiger partial charge on any atom is 0.293 e. The third-order valence-electron chi connectivity index (χ3n) is 2.90. The molecule has 9 heteroatoms. The molecule has 0 fully saturated rings. The second kappa shape index (κ2) is 5.99. The highest BCUT2D eigenvalue weighted by atomic mass is 16.6. The molecule has 21 heavy (non-hydrogen) atoms. The van der Waals surface area contributed by atoms with Crippen LogP contribution >= 0.6 is 0 Å². The number of aromatic amines is 1. The minimum atomic E-state index is -0.540. The molecule has 3 N–H and O–H groups in total. The summed E-state index contributed by atoms with van der Waals surface area (Å²) in [4.78, 5) is 26.1. The van der Waals surface area contributed by atoms with Crippen molar-refractivity contribution in [1.29, 1.82) is 0 Å². The number of nitro benzene ring substituents is 1. The zero-order valence-corrected chi connectivity index (χ0v) is 11.5. The number of nitro groups is 1. The van der Waals surface area contributed by atoms with Crippen LogP contribution in [-0.2, 0) is 0 Å². The minimum absolute atomic E-state index is 0.178. The summed E-state index contributed by atoms with van der Waals surface area (Å²) in [5, 5.41) is 23.0. The van der Waals surface area contributed by atoms with E-state index in [1.807, 2.05) is 0 Å². The summed E-state index contributed by atoms with van der Waals surface area (Å²) < 4.78 is 0. The fourth-order valence-electron chi connectivity index (χ4n) is 1.82. The van der Waals surface area contributed by atoms with E-state index in [9.17, 15) is 14.9 Å². The van der Waals surface area contributed by atoms with E-state index < -0.39 is 4.92 Å². The summed E-state index contributed by atoms with van der Waals surface area (Å²) in [6.45, 7) is 1.79. The molecule has 110 valence electrons. The zero-order valence-electron chi connectivity index (χ0n) is 11.5. The summed E-state index contributed by atoms with van der Waals surface area (Å²) in [5.74, 6) is 0.174. The predicted molar refractivity (Wildman–Crippen MR) is 74.9 cm³/mol. The van der Waals surface area contributed by atoms with Gasteiger partial charge in [-0.3, -0.25) is 20.0 Å². The number of amides is 1. The SMILES string of the molecule is CNC(=O)c1ccc(NC(C)c2ncn[nH]2)c([N+](=O)[O-])c1. The standard InChI is InChI=1S/C12H14N6O3/c1-7(11-14-6-15-17-11)16-9-4-3-8(12(19)13-2)5-10(9)18(20)21/h3-7,16H,1-2H3,(H,13,19)(H,14,15,17). The van der Waals surface area contributed by atoms with Gasteiger partial charge in [0.05, 0.1) is 11.0 Å². The maximum absolute atomic E-state index is 11.5. The number of nitrogens with one attached hydrogen (secondary N) is 3. The Hall–Kier alpha value is -2.97. The number of anilines is 1. The van der Waals surface area contributed by atoms with Crippen LogP contribution in [0.4, 0.5) is 11.4 Å². The first kappa shape index (κ1) is 14.4. The fourth-order valence-corrected chi connectivity index (χ4v) is 1.82. The van der Waals surface area contributed by atoms with Gasteiger partial charge in [-0.25, -0.2) is 4.98 Å². The molecule has 0 aliphatic rings. The van der Waals surface area contributed by atoms with Crippen LogP contribution in [-0.4, -0.2) is 33.1 Å². The molecule has 0 bridgehead atoms. The monoisotopic (exact) mass is 290 g/mol. The molecule has 0 aliphatic carbocycles. The molecule has 1 heterocycles. The Bertz CT molecular complexity index is 655. The van der Waals surface area contributed by atoms with Crippen molar-refractivity contribution in [3.63, 3.8) is 0 Å². The second-order valence-electron chi connectivity index (χ2n) is 4.30. The summed E-state index contributed by atoms with van der Waals surface area (Å²) in [6, 6.07) is 3.95. The molecule has 1 amide bonds. The molecule has 9 nitrogen and oxygen atoms in total. The van der Waals surface area contributed by atoms with Gasteiger partial charge in [0.2, 0.25) is 0 Å². The van der Waals surface area contributed by atoms with Gasteiger partial charge in [0, 0.05) is 18.7 Å². The van der Waals surface area contributed by atoms with E-state index in [1.165, 1.54) is 31.6 Å². The largest absolute Gasteiger partial charge is 0.370 e. The second-order valence-corrected chi connectivity index (χ2v) is 4.30. The van der Waals surface area contributed by atoms with Crippen LogP contribution < -0.4 is 10.6 Å². The molecule has 2 aromatic rings. The van der Waals surface area contributed by atoms with Gasteiger partial charge >= 0.3 is 0 Å². The minimum Gasteiger partial charge on any atom is -0.370 e. The maximum atomic E-state index is 11.5. The molecule has 0 aliphatic heterocycles. The Kier molecular flexibility index (Phi) is 4.12. The van der Waals surface area contributed by atoms with Gasteiger partial charge < -0.3 is 10.6 Å². The van der Waals surface area contributed by atoms with Crippen LogP contribution in [0.25, 0.3) is 0 Å². The lowest BCUT2D eigenvalue weighted by Gasteiger charge is -2.13. The Morgan fingerprint density at radius 2 is 2.24 bits per heavy atom. The lowest BCUT2D eigenvalue weighted by Crippen LogP contribution is -2.18. The predicted octanol–water partition coefficient (Wildman–Crippen LogP) is 1.25. The van der Waals surface area contributed by atoms with Crippen molar-refractivity contribution >= 4 is 17.3 Å². The fraction of sp³-hybridized carbons (Fsp3) is 0.250. The van der Waals surface area contributed by atoms with Crippen molar-refractivity contribution in [2.24, 2.45) is 0 Å².